The van der Waals surface area contributed by atoms with Crippen LogP contribution in [0.25, 0.3) is 5.57 Å². The average molecular weight is 557 g/mol. The summed E-state index contributed by atoms with van der Waals surface area (Å²) in [6.45, 7) is 4.13. The summed E-state index contributed by atoms with van der Waals surface area (Å²) in [5, 5.41) is 10.9. The van der Waals surface area contributed by atoms with Crippen LogP contribution in [0, 0.1) is 0 Å². The van der Waals surface area contributed by atoms with Gasteiger partial charge in [-0.3, -0.25) is 19.3 Å². The summed E-state index contributed by atoms with van der Waals surface area (Å²) in [7, 11) is 1.62. The number of anilines is 2. The molecular formula is C29H32N8O4. The minimum atomic E-state index is -0.463. The number of rotatable bonds is 9. The fraction of sp³-hybridized carbons (Fsp3) is 0.345. The second kappa shape index (κ2) is 12.1. The maximum atomic E-state index is 13.9. The van der Waals surface area contributed by atoms with Crippen LogP contribution in [-0.4, -0.2) is 61.5 Å². The van der Waals surface area contributed by atoms with Crippen molar-refractivity contribution in [2.75, 3.05) is 23.8 Å². The molecule has 0 fully saturated rings. The van der Waals surface area contributed by atoms with Crippen molar-refractivity contribution in [3.63, 3.8) is 0 Å². The lowest BCUT2D eigenvalue weighted by atomic mass is 9.98. The van der Waals surface area contributed by atoms with Gasteiger partial charge in [0, 0.05) is 62.0 Å². The van der Waals surface area contributed by atoms with Crippen LogP contribution < -0.4 is 10.2 Å². The molecule has 0 unspecified atom stereocenters. The summed E-state index contributed by atoms with van der Waals surface area (Å²) in [5.74, 6) is 0.116. The molecule has 212 valence electrons. The molecule has 12 nitrogen and oxygen atoms in total. The molecule has 0 atom stereocenters. The second-order valence-electron chi connectivity index (χ2n) is 10.0. The lowest BCUT2D eigenvalue weighted by Crippen LogP contribution is -2.41. The van der Waals surface area contributed by atoms with Gasteiger partial charge in [0.05, 0.1) is 12.4 Å². The Kier molecular flexibility index (Phi) is 8.18. The Morgan fingerprint density at radius 3 is 2.73 bits per heavy atom. The Hall–Kier alpha value is -4.87. The number of nitrogens with zero attached hydrogens (tertiary/aromatic N) is 7. The number of aryl methyl sites for hydroxylation is 1. The highest BCUT2D eigenvalue weighted by molar-refractivity contribution is 6.06. The summed E-state index contributed by atoms with van der Waals surface area (Å²) in [6, 6.07) is 3.79. The quantitative estimate of drug-likeness (QED) is 0.240. The zero-order chi connectivity index (χ0) is 28.9. The molecule has 1 aliphatic carbocycles. The van der Waals surface area contributed by atoms with Crippen molar-refractivity contribution >= 4 is 35.6 Å². The lowest BCUT2D eigenvalue weighted by Gasteiger charge is -2.31. The Labute approximate surface area is 237 Å². The van der Waals surface area contributed by atoms with E-state index in [-0.39, 0.29) is 12.5 Å². The molecule has 0 bridgehead atoms. The highest BCUT2D eigenvalue weighted by Crippen LogP contribution is 2.34. The topological polar surface area (TPSA) is 135 Å². The summed E-state index contributed by atoms with van der Waals surface area (Å²) >= 11 is 0. The fourth-order valence-electron chi connectivity index (χ4n) is 5.32. The van der Waals surface area contributed by atoms with Gasteiger partial charge >= 0.3 is 5.97 Å². The van der Waals surface area contributed by atoms with Crippen LogP contribution in [-0.2, 0) is 40.3 Å². The fourth-order valence-corrected chi connectivity index (χ4v) is 5.32. The minimum Gasteiger partial charge on any atom is -0.461 e. The van der Waals surface area contributed by atoms with Crippen molar-refractivity contribution < 1.29 is 19.1 Å². The van der Waals surface area contributed by atoms with E-state index in [9.17, 15) is 14.4 Å². The predicted octanol–water partition coefficient (Wildman–Crippen LogP) is 3.12. The standard InChI is InChI=1S/C29H32N8O4/c1-19(33-29-31-10-11-32-34-29)14-22(16-35(3)18-38)23-8-9-30-27(24(23)17-41-20(2)39)37-13-12-36-25-7-5-4-6-21(25)15-26(36)28(37)40/h8-11,14-16,18H,4-7,12-13,17H2,1-3H3,(H,31,33,34)/b19-14+,22-16+. The molecule has 0 aromatic carbocycles. The summed E-state index contributed by atoms with van der Waals surface area (Å²) in [4.78, 5) is 49.1. The van der Waals surface area contributed by atoms with Crippen LogP contribution >= 0.6 is 0 Å². The number of pyridine rings is 1. The number of fused-ring (bicyclic) bond motifs is 3. The van der Waals surface area contributed by atoms with E-state index in [1.54, 1.807) is 30.4 Å². The van der Waals surface area contributed by atoms with Gasteiger partial charge in [0.1, 0.15) is 18.1 Å². The number of carbonyl (C=O) groups is 3. The zero-order valence-electron chi connectivity index (χ0n) is 23.3. The van der Waals surface area contributed by atoms with E-state index >= 15 is 0 Å². The van der Waals surface area contributed by atoms with Crippen molar-refractivity contribution in [3.05, 3.63) is 76.8 Å². The normalized spacial score (nSPS) is 15.2. The van der Waals surface area contributed by atoms with Gasteiger partial charge < -0.3 is 19.5 Å². The Bertz CT molecular complexity index is 1530. The summed E-state index contributed by atoms with van der Waals surface area (Å²) < 4.78 is 7.60. The van der Waals surface area contributed by atoms with Gasteiger partial charge in [-0.15, -0.1) is 5.10 Å². The minimum absolute atomic E-state index is 0.108. The molecular weight excluding hydrogens is 524 g/mol. The molecule has 3 aromatic rings. The first-order chi connectivity index (χ1) is 19.9. The largest absolute Gasteiger partial charge is 0.461 e. The Balaban J connectivity index is 1.57. The SMILES string of the molecule is CC(=O)OCc1c(C(/C=C(\C)Nc2nccnn2)=C/N(C)C=O)ccnc1N1CCn2c(cc3c2CCCC3)C1=O. The highest BCUT2D eigenvalue weighted by Gasteiger charge is 2.32. The van der Waals surface area contributed by atoms with E-state index in [2.05, 4.69) is 30.0 Å². The van der Waals surface area contributed by atoms with Crippen molar-refractivity contribution in [2.45, 2.75) is 52.7 Å². The van der Waals surface area contributed by atoms with Crippen LogP contribution in [0.4, 0.5) is 11.8 Å². The van der Waals surface area contributed by atoms with Crippen LogP contribution in [0.1, 0.15) is 59.6 Å². The molecule has 0 saturated carbocycles. The number of amides is 2. The first-order valence-corrected chi connectivity index (χ1v) is 13.5. The van der Waals surface area contributed by atoms with Gasteiger partial charge in [-0.05, 0) is 61.9 Å². The van der Waals surface area contributed by atoms with Crippen molar-refractivity contribution in [2.24, 2.45) is 0 Å². The van der Waals surface area contributed by atoms with Crippen LogP contribution in [0.3, 0.4) is 0 Å². The molecule has 41 heavy (non-hydrogen) atoms. The van der Waals surface area contributed by atoms with Crippen molar-refractivity contribution in [3.8, 4) is 0 Å². The third-order valence-corrected chi connectivity index (χ3v) is 7.11. The monoisotopic (exact) mass is 556 g/mol. The molecule has 0 saturated heterocycles. The molecule has 1 aliphatic heterocycles. The number of hydrogen-bond donors (Lipinski definition) is 1. The first-order valence-electron chi connectivity index (χ1n) is 13.5. The molecule has 1 N–H and O–H groups in total. The van der Waals surface area contributed by atoms with E-state index in [1.807, 2.05) is 19.1 Å². The van der Waals surface area contributed by atoms with Crippen molar-refractivity contribution in [1.29, 1.82) is 0 Å². The lowest BCUT2D eigenvalue weighted by molar-refractivity contribution is -0.142. The van der Waals surface area contributed by atoms with Crippen LogP contribution in [0.15, 0.2) is 48.7 Å². The molecule has 3 aromatic heterocycles. The average Bonchev–Trinajstić information content (AvgIpc) is 3.36. The van der Waals surface area contributed by atoms with Gasteiger partial charge in [-0.2, -0.15) is 5.10 Å². The molecule has 4 heterocycles. The van der Waals surface area contributed by atoms with Gasteiger partial charge in [-0.1, -0.05) is 0 Å². The maximum absolute atomic E-state index is 13.9. The van der Waals surface area contributed by atoms with E-state index in [0.717, 1.165) is 25.7 Å². The summed E-state index contributed by atoms with van der Waals surface area (Å²) in [6.07, 6.45) is 13.0. The summed E-state index contributed by atoms with van der Waals surface area (Å²) in [5.41, 5.74) is 5.63. The number of carbonyl (C=O) groups excluding carboxylic acids is 3. The van der Waals surface area contributed by atoms with E-state index in [1.165, 1.54) is 35.5 Å². The Morgan fingerprint density at radius 2 is 1.98 bits per heavy atom. The van der Waals surface area contributed by atoms with Crippen LogP contribution in [0.5, 0.6) is 0 Å². The molecule has 2 amide bonds. The molecule has 0 radical (unpaired) electrons. The molecule has 5 rings (SSSR count). The molecule has 12 heteroatoms. The molecule has 0 spiro atoms. The maximum Gasteiger partial charge on any atom is 0.302 e. The zero-order valence-corrected chi connectivity index (χ0v) is 23.3. The smallest absolute Gasteiger partial charge is 0.302 e. The Morgan fingerprint density at radius 1 is 1.15 bits per heavy atom. The first kappa shape index (κ1) is 27.7. The van der Waals surface area contributed by atoms with Gasteiger partial charge in [0.2, 0.25) is 12.4 Å². The van der Waals surface area contributed by atoms with Gasteiger partial charge in [0.15, 0.2) is 0 Å². The van der Waals surface area contributed by atoms with Gasteiger partial charge in [0.25, 0.3) is 5.91 Å². The number of ether oxygens (including phenoxy) is 1. The van der Waals surface area contributed by atoms with Crippen LogP contribution in [0.2, 0.25) is 0 Å². The predicted molar refractivity (Wildman–Crippen MR) is 151 cm³/mol. The van der Waals surface area contributed by atoms with E-state index in [4.69, 9.17) is 4.74 Å². The molecule has 2 aliphatic rings. The highest BCUT2D eigenvalue weighted by atomic mass is 16.5. The van der Waals surface area contributed by atoms with Crippen molar-refractivity contribution in [1.82, 2.24) is 29.6 Å². The van der Waals surface area contributed by atoms with Gasteiger partial charge in [-0.25, -0.2) is 9.97 Å². The number of hydrogen-bond acceptors (Lipinski definition) is 9. The number of nitrogens with one attached hydrogen (secondary N) is 1. The third-order valence-electron chi connectivity index (χ3n) is 7.11. The number of allylic oxidation sites excluding steroid dienone is 3. The van der Waals surface area contributed by atoms with E-state index < -0.39 is 5.97 Å². The van der Waals surface area contributed by atoms with E-state index in [0.29, 0.717) is 59.4 Å². The number of esters is 1. The third kappa shape index (κ3) is 6.01. The number of aromatic nitrogens is 5. The second-order valence-corrected chi connectivity index (χ2v) is 10.0.